The quantitative estimate of drug-likeness (QED) is 0.709. The molecular formula is C17H16ClFN4S. The van der Waals surface area contributed by atoms with Crippen molar-refractivity contribution in [2.75, 3.05) is 31.1 Å². The van der Waals surface area contributed by atoms with Crippen molar-refractivity contribution in [3.8, 4) is 0 Å². The van der Waals surface area contributed by atoms with Gasteiger partial charge in [0.15, 0.2) is 0 Å². The fourth-order valence-electron chi connectivity index (χ4n) is 3.04. The van der Waals surface area contributed by atoms with Gasteiger partial charge in [0.05, 0.1) is 9.85 Å². The first-order chi connectivity index (χ1) is 11.7. The van der Waals surface area contributed by atoms with Crippen LogP contribution in [-0.2, 0) is 6.54 Å². The zero-order valence-corrected chi connectivity index (χ0v) is 14.5. The number of anilines is 1. The number of piperazine rings is 1. The predicted molar refractivity (Wildman–Crippen MR) is 96.3 cm³/mol. The Kier molecular flexibility index (Phi) is 4.35. The first kappa shape index (κ1) is 15.7. The Bertz CT molecular complexity index is 861. The molecule has 0 atom stereocenters. The van der Waals surface area contributed by atoms with Gasteiger partial charge >= 0.3 is 0 Å². The topological polar surface area (TPSA) is 32.3 Å². The molecule has 0 amide bonds. The monoisotopic (exact) mass is 362 g/mol. The molecule has 0 bridgehead atoms. The van der Waals surface area contributed by atoms with E-state index in [9.17, 15) is 4.39 Å². The fourth-order valence-corrected chi connectivity index (χ4v) is 4.17. The van der Waals surface area contributed by atoms with Crippen LogP contribution in [0.1, 0.15) is 4.88 Å². The highest BCUT2D eigenvalue weighted by molar-refractivity contribution is 7.16. The molecule has 1 saturated heterocycles. The molecule has 24 heavy (non-hydrogen) atoms. The average Bonchev–Trinajstić information content (AvgIpc) is 3.00. The summed E-state index contributed by atoms with van der Waals surface area (Å²) in [5, 5.41) is 0.774. The summed E-state index contributed by atoms with van der Waals surface area (Å²) in [5.74, 6) is 0.560. The van der Waals surface area contributed by atoms with E-state index in [2.05, 4.69) is 25.8 Å². The van der Waals surface area contributed by atoms with Gasteiger partial charge < -0.3 is 4.90 Å². The van der Waals surface area contributed by atoms with E-state index < -0.39 is 0 Å². The van der Waals surface area contributed by atoms with Gasteiger partial charge in [-0.2, -0.15) is 0 Å². The second kappa shape index (κ2) is 6.63. The SMILES string of the molecule is Fc1ccc2ncnc(N3CCN(Cc4ccc(Cl)s4)CC3)c2c1. The Morgan fingerprint density at radius 3 is 2.67 bits per heavy atom. The first-order valence-corrected chi connectivity index (χ1v) is 9.00. The van der Waals surface area contributed by atoms with Gasteiger partial charge in [-0.3, -0.25) is 4.90 Å². The molecule has 2 aromatic heterocycles. The molecule has 1 aliphatic heterocycles. The molecule has 7 heteroatoms. The summed E-state index contributed by atoms with van der Waals surface area (Å²) >= 11 is 7.63. The molecule has 3 heterocycles. The van der Waals surface area contributed by atoms with E-state index in [0.29, 0.717) is 0 Å². The van der Waals surface area contributed by atoms with E-state index in [0.717, 1.165) is 53.8 Å². The first-order valence-electron chi connectivity index (χ1n) is 7.81. The number of halogens is 2. The van der Waals surface area contributed by atoms with Gasteiger partial charge in [-0.05, 0) is 30.3 Å². The van der Waals surface area contributed by atoms with Crippen LogP contribution in [0, 0.1) is 5.82 Å². The lowest BCUT2D eigenvalue weighted by atomic mass is 10.2. The Hall–Kier alpha value is -1.76. The Balaban J connectivity index is 1.49. The second-order valence-electron chi connectivity index (χ2n) is 5.83. The van der Waals surface area contributed by atoms with Crippen LogP contribution >= 0.6 is 22.9 Å². The van der Waals surface area contributed by atoms with Gasteiger partial charge in [0.1, 0.15) is 18.0 Å². The molecule has 0 aliphatic carbocycles. The third kappa shape index (κ3) is 3.22. The third-order valence-electron chi connectivity index (χ3n) is 4.26. The highest BCUT2D eigenvalue weighted by Crippen LogP contribution is 2.26. The van der Waals surface area contributed by atoms with E-state index in [1.807, 2.05) is 6.07 Å². The minimum absolute atomic E-state index is 0.258. The molecule has 0 spiro atoms. The molecule has 0 saturated carbocycles. The van der Waals surface area contributed by atoms with Gasteiger partial charge in [-0.1, -0.05) is 11.6 Å². The zero-order valence-electron chi connectivity index (χ0n) is 13.0. The number of hydrogen-bond donors (Lipinski definition) is 0. The standard InChI is InChI=1S/C17H16ClFN4S/c18-16-4-2-13(24-16)10-22-5-7-23(8-6-22)17-14-9-12(19)1-3-15(14)20-11-21-17/h1-4,9,11H,5-8,10H2. The smallest absolute Gasteiger partial charge is 0.140 e. The number of thiophene rings is 1. The Morgan fingerprint density at radius 1 is 1.08 bits per heavy atom. The molecule has 0 N–H and O–H groups in total. The summed E-state index contributed by atoms with van der Waals surface area (Å²) in [5.41, 5.74) is 0.775. The lowest BCUT2D eigenvalue weighted by Gasteiger charge is -2.35. The largest absolute Gasteiger partial charge is 0.353 e. The number of rotatable bonds is 3. The molecule has 1 fully saturated rings. The number of nitrogens with zero attached hydrogens (tertiary/aromatic N) is 4. The summed E-state index contributed by atoms with van der Waals surface area (Å²) in [6.07, 6.45) is 1.55. The molecule has 0 radical (unpaired) electrons. The molecule has 124 valence electrons. The Morgan fingerprint density at radius 2 is 1.92 bits per heavy atom. The van der Waals surface area contributed by atoms with Crippen molar-refractivity contribution in [2.24, 2.45) is 0 Å². The number of hydrogen-bond acceptors (Lipinski definition) is 5. The van der Waals surface area contributed by atoms with E-state index in [1.165, 1.54) is 17.0 Å². The van der Waals surface area contributed by atoms with Gasteiger partial charge in [-0.25, -0.2) is 14.4 Å². The van der Waals surface area contributed by atoms with Crippen molar-refractivity contribution < 1.29 is 4.39 Å². The Labute approximate surface area is 148 Å². The lowest BCUT2D eigenvalue weighted by molar-refractivity contribution is 0.251. The summed E-state index contributed by atoms with van der Waals surface area (Å²) in [7, 11) is 0. The van der Waals surface area contributed by atoms with Crippen LogP contribution in [0.15, 0.2) is 36.7 Å². The normalized spacial score (nSPS) is 16.0. The molecule has 1 aliphatic rings. The van der Waals surface area contributed by atoms with Crippen LogP contribution in [0.2, 0.25) is 4.34 Å². The van der Waals surface area contributed by atoms with Gasteiger partial charge in [0, 0.05) is 43.0 Å². The lowest BCUT2D eigenvalue weighted by Crippen LogP contribution is -2.46. The van der Waals surface area contributed by atoms with E-state index in [4.69, 9.17) is 11.6 Å². The number of benzene rings is 1. The van der Waals surface area contributed by atoms with Crippen LogP contribution < -0.4 is 4.90 Å². The van der Waals surface area contributed by atoms with Crippen molar-refractivity contribution in [1.82, 2.24) is 14.9 Å². The second-order valence-corrected chi connectivity index (χ2v) is 7.63. The minimum Gasteiger partial charge on any atom is -0.353 e. The molecule has 0 unspecified atom stereocenters. The maximum atomic E-state index is 13.6. The molecule has 3 aromatic rings. The van der Waals surface area contributed by atoms with E-state index >= 15 is 0 Å². The highest BCUT2D eigenvalue weighted by atomic mass is 35.5. The van der Waals surface area contributed by atoms with Crippen molar-refractivity contribution >= 4 is 39.7 Å². The van der Waals surface area contributed by atoms with E-state index in [-0.39, 0.29) is 5.82 Å². The molecular weight excluding hydrogens is 347 g/mol. The van der Waals surface area contributed by atoms with Crippen LogP contribution in [0.3, 0.4) is 0 Å². The van der Waals surface area contributed by atoms with E-state index in [1.54, 1.807) is 23.7 Å². The van der Waals surface area contributed by atoms with Crippen LogP contribution in [0.25, 0.3) is 10.9 Å². The van der Waals surface area contributed by atoms with Crippen molar-refractivity contribution in [3.63, 3.8) is 0 Å². The van der Waals surface area contributed by atoms with Crippen molar-refractivity contribution in [1.29, 1.82) is 0 Å². The van der Waals surface area contributed by atoms with Gasteiger partial charge in [0.25, 0.3) is 0 Å². The van der Waals surface area contributed by atoms with Crippen LogP contribution in [0.4, 0.5) is 10.2 Å². The van der Waals surface area contributed by atoms with Crippen LogP contribution in [-0.4, -0.2) is 41.0 Å². The van der Waals surface area contributed by atoms with Gasteiger partial charge in [0.2, 0.25) is 0 Å². The zero-order chi connectivity index (χ0) is 16.5. The maximum Gasteiger partial charge on any atom is 0.140 e. The third-order valence-corrected chi connectivity index (χ3v) is 5.47. The summed E-state index contributed by atoms with van der Waals surface area (Å²) in [6, 6.07) is 8.68. The highest BCUT2D eigenvalue weighted by Gasteiger charge is 2.20. The summed E-state index contributed by atoms with van der Waals surface area (Å²) < 4.78 is 14.4. The molecule has 4 nitrogen and oxygen atoms in total. The minimum atomic E-state index is -0.258. The predicted octanol–water partition coefficient (Wildman–Crippen LogP) is 3.81. The summed E-state index contributed by atoms with van der Waals surface area (Å²) in [6.45, 7) is 4.53. The fraction of sp³-hybridized carbons (Fsp3) is 0.294. The number of aromatic nitrogens is 2. The average molecular weight is 363 g/mol. The van der Waals surface area contributed by atoms with Crippen LogP contribution in [0.5, 0.6) is 0 Å². The molecule has 4 rings (SSSR count). The number of fused-ring (bicyclic) bond motifs is 1. The van der Waals surface area contributed by atoms with Crippen molar-refractivity contribution in [2.45, 2.75) is 6.54 Å². The molecule has 1 aromatic carbocycles. The van der Waals surface area contributed by atoms with Gasteiger partial charge in [-0.15, -0.1) is 11.3 Å². The summed E-state index contributed by atoms with van der Waals surface area (Å²) in [4.78, 5) is 14.5. The maximum absolute atomic E-state index is 13.6. The van der Waals surface area contributed by atoms with Crippen molar-refractivity contribution in [3.05, 3.63) is 51.7 Å².